The van der Waals surface area contributed by atoms with Crippen molar-refractivity contribution in [2.75, 3.05) is 36.8 Å². The van der Waals surface area contributed by atoms with Crippen LogP contribution in [0.25, 0.3) is 11.1 Å². The molecule has 2 aromatic heterocycles. The number of aliphatic hydroxyl groups is 1. The largest absolute Gasteiger partial charge is 0.390 e. The highest BCUT2D eigenvalue weighted by atomic mass is 16.5. The minimum Gasteiger partial charge on any atom is -0.390 e. The van der Waals surface area contributed by atoms with Crippen LogP contribution < -0.4 is 16.4 Å². The minimum atomic E-state index is -0.669. The summed E-state index contributed by atoms with van der Waals surface area (Å²) in [6.45, 7) is 3.45. The lowest BCUT2D eigenvalue weighted by Crippen LogP contribution is -2.41. The fourth-order valence-corrected chi connectivity index (χ4v) is 2.81. The van der Waals surface area contributed by atoms with Gasteiger partial charge in [0.25, 0.3) is 0 Å². The number of hydrogen-bond donors (Lipinski definition) is 4. The maximum atomic E-state index is 11.4. The summed E-state index contributed by atoms with van der Waals surface area (Å²) >= 11 is 0. The highest BCUT2D eigenvalue weighted by Crippen LogP contribution is 2.27. The molecule has 1 fully saturated rings. The van der Waals surface area contributed by atoms with Gasteiger partial charge in [0.05, 0.1) is 6.10 Å². The Kier molecular flexibility index (Phi) is 5.29. The molecule has 0 unspecified atom stereocenters. The van der Waals surface area contributed by atoms with Gasteiger partial charge in [-0.15, -0.1) is 0 Å². The average molecular weight is 349 g/mol. The Hall–Kier alpha value is -2.46. The van der Waals surface area contributed by atoms with E-state index in [1.165, 1.54) is 6.33 Å². The van der Waals surface area contributed by atoms with Crippen molar-refractivity contribution in [3.63, 3.8) is 0 Å². The summed E-state index contributed by atoms with van der Waals surface area (Å²) in [6.07, 6.45) is 2.45. The monoisotopic (exact) mass is 349 g/mol. The number of hydrogen-bond acceptors (Lipinski definition) is 9. The number of aliphatic hydroxyl groups excluding tert-OH is 1. The number of aromatic nitrogens is 3. The van der Waals surface area contributed by atoms with Gasteiger partial charge in [-0.25, -0.2) is 9.97 Å². The lowest BCUT2D eigenvalue weighted by atomic mass is 10.1. The summed E-state index contributed by atoms with van der Waals surface area (Å²) in [7, 11) is 0. The predicted molar refractivity (Wildman–Crippen MR) is 92.0 cm³/mol. The second-order valence-electron chi connectivity index (χ2n) is 6.13. The van der Waals surface area contributed by atoms with Crippen molar-refractivity contribution in [2.24, 2.45) is 5.73 Å². The normalized spacial score (nSPS) is 16.8. The highest BCUT2D eigenvalue weighted by molar-refractivity contribution is 5.90. The van der Waals surface area contributed by atoms with Crippen LogP contribution in [0.3, 0.4) is 0 Å². The molecule has 0 aromatic carbocycles. The van der Waals surface area contributed by atoms with E-state index in [1.807, 2.05) is 4.90 Å². The van der Waals surface area contributed by atoms with Crippen LogP contribution >= 0.6 is 0 Å². The minimum absolute atomic E-state index is 0.105. The van der Waals surface area contributed by atoms with Gasteiger partial charge < -0.3 is 30.9 Å². The third-order valence-electron chi connectivity index (χ3n) is 4.31. The number of rotatable bonds is 6. The Labute approximate surface area is 144 Å². The second-order valence-corrected chi connectivity index (χ2v) is 6.13. The number of fused-ring (bicyclic) bond motifs is 1. The molecule has 1 amide bonds. The molecular weight excluding hydrogens is 326 g/mol. The van der Waals surface area contributed by atoms with Crippen LogP contribution in [0.4, 0.5) is 11.6 Å². The van der Waals surface area contributed by atoms with Crippen molar-refractivity contribution in [1.82, 2.24) is 20.0 Å². The zero-order valence-corrected chi connectivity index (χ0v) is 14.1. The number of piperidine rings is 1. The molecule has 0 spiro atoms. The number of nitrogens with two attached hydrogens (primary N) is 1. The number of amides is 1. The molecule has 10 heteroatoms. The Morgan fingerprint density at radius 2 is 2.20 bits per heavy atom. The van der Waals surface area contributed by atoms with E-state index in [4.69, 9.17) is 10.3 Å². The van der Waals surface area contributed by atoms with E-state index in [1.54, 1.807) is 6.92 Å². The molecule has 0 aliphatic carbocycles. The van der Waals surface area contributed by atoms with Gasteiger partial charge >= 0.3 is 0 Å². The fourth-order valence-electron chi connectivity index (χ4n) is 2.81. The first kappa shape index (κ1) is 17.4. The number of nitrogens with one attached hydrogen (secondary N) is 2. The number of anilines is 2. The summed E-state index contributed by atoms with van der Waals surface area (Å²) in [5.74, 6) is 1.12. The zero-order valence-electron chi connectivity index (χ0n) is 14.1. The molecule has 0 saturated carbocycles. The molecule has 0 radical (unpaired) electrons. The Morgan fingerprint density at radius 3 is 2.88 bits per heavy atom. The first-order valence-corrected chi connectivity index (χ1v) is 8.33. The molecule has 0 bridgehead atoms. The fraction of sp³-hybridized carbons (Fsp3) is 0.600. The van der Waals surface area contributed by atoms with Crippen LogP contribution in [0.5, 0.6) is 0 Å². The predicted octanol–water partition coefficient (Wildman–Crippen LogP) is -0.228. The molecule has 5 N–H and O–H groups in total. The van der Waals surface area contributed by atoms with Crippen LogP contribution in [-0.2, 0) is 4.79 Å². The third-order valence-corrected chi connectivity index (χ3v) is 4.31. The average Bonchev–Trinajstić information content (AvgIpc) is 3.04. The van der Waals surface area contributed by atoms with Gasteiger partial charge in [0.1, 0.15) is 6.33 Å². The second kappa shape index (κ2) is 7.62. The van der Waals surface area contributed by atoms with Crippen LogP contribution in [0, 0.1) is 0 Å². The molecule has 3 rings (SSSR count). The summed E-state index contributed by atoms with van der Waals surface area (Å²) in [4.78, 5) is 21.7. The molecule has 3 heterocycles. The molecule has 1 aliphatic heterocycles. The maximum absolute atomic E-state index is 11.4. The number of carbonyl (C=O) groups excluding carboxylic acids is 1. The molecule has 2 aromatic rings. The first-order valence-electron chi connectivity index (χ1n) is 8.33. The van der Waals surface area contributed by atoms with Gasteiger partial charge in [-0.05, 0) is 12.8 Å². The third kappa shape index (κ3) is 3.97. The van der Waals surface area contributed by atoms with Crippen molar-refractivity contribution in [3.05, 3.63) is 6.33 Å². The van der Waals surface area contributed by atoms with Gasteiger partial charge in [-0.2, -0.15) is 0 Å². The van der Waals surface area contributed by atoms with Gasteiger partial charge in [0.15, 0.2) is 17.2 Å². The lowest BCUT2D eigenvalue weighted by molar-refractivity contribution is -0.129. The quantitative estimate of drug-likeness (QED) is 0.556. The van der Waals surface area contributed by atoms with Crippen LogP contribution in [-0.4, -0.2) is 69.4 Å². The van der Waals surface area contributed by atoms with Gasteiger partial charge in [-0.3, -0.25) is 4.79 Å². The number of nitrogens with zero attached hydrogens (tertiary/aromatic N) is 4. The van der Waals surface area contributed by atoms with Gasteiger partial charge in [0.2, 0.25) is 11.5 Å². The van der Waals surface area contributed by atoms with Crippen molar-refractivity contribution < 1.29 is 14.4 Å². The number of carbonyl (C=O) groups is 1. The summed E-state index contributed by atoms with van der Waals surface area (Å²) in [5, 5.41) is 19.8. The first-order chi connectivity index (χ1) is 12.1. The summed E-state index contributed by atoms with van der Waals surface area (Å²) in [5.41, 5.74) is 6.39. The summed E-state index contributed by atoms with van der Waals surface area (Å²) < 4.78 is 5.37. The Bertz CT molecular complexity index is 727. The standard InChI is InChI=1S/C15H23N7O3/c1-9(23)22-4-2-10(3-5-22)20-15-13-12(18-8-19-15)14(21-25-13)17-7-11(24)6-16/h8,10-11,24H,2-7,16H2,1H3,(H,17,21)(H,18,19,20)/t11-/m1/s1. The summed E-state index contributed by atoms with van der Waals surface area (Å²) in [6, 6.07) is 0.203. The van der Waals surface area contributed by atoms with Crippen molar-refractivity contribution in [2.45, 2.75) is 31.9 Å². The van der Waals surface area contributed by atoms with E-state index in [9.17, 15) is 9.90 Å². The van der Waals surface area contributed by atoms with E-state index in [-0.39, 0.29) is 25.0 Å². The topological polar surface area (TPSA) is 142 Å². The van der Waals surface area contributed by atoms with E-state index < -0.39 is 6.10 Å². The van der Waals surface area contributed by atoms with Crippen LogP contribution in [0.15, 0.2) is 10.9 Å². The molecule has 1 saturated heterocycles. The lowest BCUT2D eigenvalue weighted by Gasteiger charge is -2.31. The van der Waals surface area contributed by atoms with Crippen LogP contribution in [0.1, 0.15) is 19.8 Å². The van der Waals surface area contributed by atoms with Gasteiger partial charge in [0, 0.05) is 39.1 Å². The maximum Gasteiger partial charge on any atom is 0.229 e. The SMILES string of the molecule is CC(=O)N1CCC(Nc2ncnc3c(NC[C@H](O)CN)noc23)CC1. The van der Waals surface area contributed by atoms with E-state index in [0.29, 0.717) is 22.7 Å². The zero-order chi connectivity index (χ0) is 17.8. The molecule has 25 heavy (non-hydrogen) atoms. The van der Waals surface area contributed by atoms with Crippen LogP contribution in [0.2, 0.25) is 0 Å². The van der Waals surface area contributed by atoms with Crippen molar-refractivity contribution in [1.29, 1.82) is 0 Å². The van der Waals surface area contributed by atoms with E-state index >= 15 is 0 Å². The van der Waals surface area contributed by atoms with Gasteiger partial charge in [-0.1, -0.05) is 5.16 Å². The highest BCUT2D eigenvalue weighted by Gasteiger charge is 2.23. The molecule has 1 aliphatic rings. The molecule has 10 nitrogen and oxygen atoms in total. The Balaban J connectivity index is 1.68. The smallest absolute Gasteiger partial charge is 0.229 e. The molecule has 1 atom stereocenters. The Morgan fingerprint density at radius 1 is 1.44 bits per heavy atom. The van der Waals surface area contributed by atoms with Crippen molar-refractivity contribution in [3.8, 4) is 0 Å². The molecular formula is C15H23N7O3. The molecule has 136 valence electrons. The van der Waals surface area contributed by atoms with E-state index in [2.05, 4.69) is 25.8 Å². The number of likely N-dealkylation sites (tertiary alicyclic amines) is 1. The van der Waals surface area contributed by atoms with Crippen molar-refractivity contribution >= 4 is 28.6 Å². The van der Waals surface area contributed by atoms with E-state index in [0.717, 1.165) is 25.9 Å².